The standard InChI is InChI=1S/C21H21N3O6/c1-29-17-7-2-14(3-8-17)11-22(15-4-5-15)20(25)12-23-18-10-16(24(27)28)6-9-19(18)30-13-21(23)26/h2-3,6-10,15H,4-5,11-13H2,1H3. The van der Waals surface area contributed by atoms with Gasteiger partial charge in [-0.3, -0.25) is 24.6 Å². The fourth-order valence-electron chi connectivity index (χ4n) is 3.44. The van der Waals surface area contributed by atoms with Crippen molar-refractivity contribution in [3.63, 3.8) is 0 Å². The second-order valence-corrected chi connectivity index (χ2v) is 7.28. The van der Waals surface area contributed by atoms with E-state index in [4.69, 9.17) is 9.47 Å². The number of anilines is 1. The first kappa shape index (κ1) is 19.7. The summed E-state index contributed by atoms with van der Waals surface area (Å²) in [6.45, 7) is 0.0246. The fraction of sp³-hybridized carbons (Fsp3) is 0.333. The van der Waals surface area contributed by atoms with Crippen LogP contribution >= 0.6 is 0 Å². The molecule has 0 bridgehead atoms. The number of nitro benzene ring substituents is 1. The van der Waals surface area contributed by atoms with E-state index >= 15 is 0 Å². The molecule has 0 aromatic heterocycles. The maximum atomic E-state index is 13.1. The van der Waals surface area contributed by atoms with E-state index in [0.29, 0.717) is 12.3 Å². The van der Waals surface area contributed by atoms with Gasteiger partial charge in [-0.05, 0) is 36.6 Å². The molecule has 4 rings (SSSR count). The number of ether oxygens (including phenoxy) is 2. The topological polar surface area (TPSA) is 102 Å². The summed E-state index contributed by atoms with van der Waals surface area (Å²) in [5.74, 6) is 0.471. The number of fused-ring (bicyclic) bond motifs is 1. The highest BCUT2D eigenvalue weighted by molar-refractivity contribution is 6.02. The van der Waals surface area contributed by atoms with Gasteiger partial charge in [-0.1, -0.05) is 12.1 Å². The lowest BCUT2D eigenvalue weighted by Crippen LogP contribution is -2.46. The average molecular weight is 411 g/mol. The summed E-state index contributed by atoms with van der Waals surface area (Å²) in [4.78, 5) is 39.2. The van der Waals surface area contributed by atoms with Crippen molar-refractivity contribution in [2.24, 2.45) is 0 Å². The number of rotatable bonds is 7. The highest BCUT2D eigenvalue weighted by Gasteiger charge is 2.36. The van der Waals surface area contributed by atoms with Crippen LogP contribution in [-0.4, -0.2) is 47.9 Å². The van der Waals surface area contributed by atoms with E-state index in [1.807, 2.05) is 24.3 Å². The molecule has 2 aromatic rings. The van der Waals surface area contributed by atoms with Crippen LogP contribution in [0.15, 0.2) is 42.5 Å². The Morgan fingerprint density at radius 3 is 2.63 bits per heavy atom. The highest BCUT2D eigenvalue weighted by Crippen LogP contribution is 2.36. The first-order chi connectivity index (χ1) is 14.5. The Balaban J connectivity index is 1.54. The predicted molar refractivity (Wildman–Crippen MR) is 108 cm³/mol. The number of carbonyl (C=O) groups excluding carboxylic acids is 2. The molecule has 0 unspecified atom stereocenters. The highest BCUT2D eigenvalue weighted by atomic mass is 16.6. The Hall–Kier alpha value is -3.62. The lowest BCUT2D eigenvalue weighted by Gasteiger charge is -2.31. The van der Waals surface area contributed by atoms with Gasteiger partial charge in [0.1, 0.15) is 18.0 Å². The number of benzene rings is 2. The Kier molecular flexibility index (Phi) is 5.26. The molecule has 9 nitrogen and oxygen atoms in total. The van der Waals surface area contributed by atoms with Crippen molar-refractivity contribution in [3.8, 4) is 11.5 Å². The van der Waals surface area contributed by atoms with Crippen molar-refractivity contribution in [2.75, 3.05) is 25.2 Å². The molecule has 1 heterocycles. The number of nitrogens with zero attached hydrogens (tertiary/aromatic N) is 3. The van der Waals surface area contributed by atoms with Gasteiger partial charge in [-0.15, -0.1) is 0 Å². The quantitative estimate of drug-likeness (QED) is 0.512. The predicted octanol–water partition coefficient (Wildman–Crippen LogP) is 2.52. The smallest absolute Gasteiger partial charge is 0.271 e. The minimum Gasteiger partial charge on any atom is -0.497 e. The maximum absolute atomic E-state index is 13.1. The number of carbonyl (C=O) groups is 2. The minimum absolute atomic E-state index is 0.139. The molecule has 2 amide bonds. The van der Waals surface area contributed by atoms with Crippen molar-refractivity contribution >= 4 is 23.2 Å². The third-order valence-corrected chi connectivity index (χ3v) is 5.21. The molecule has 2 aliphatic rings. The monoisotopic (exact) mass is 411 g/mol. The van der Waals surface area contributed by atoms with E-state index in [9.17, 15) is 19.7 Å². The van der Waals surface area contributed by atoms with Gasteiger partial charge in [0.25, 0.3) is 11.6 Å². The zero-order valence-electron chi connectivity index (χ0n) is 16.4. The molecule has 0 radical (unpaired) electrons. The number of methoxy groups -OCH3 is 1. The van der Waals surface area contributed by atoms with E-state index in [0.717, 1.165) is 24.2 Å². The van der Waals surface area contributed by atoms with Gasteiger partial charge in [-0.25, -0.2) is 0 Å². The van der Waals surface area contributed by atoms with Gasteiger partial charge in [0, 0.05) is 24.7 Å². The molecule has 0 spiro atoms. The van der Waals surface area contributed by atoms with Crippen LogP contribution < -0.4 is 14.4 Å². The van der Waals surface area contributed by atoms with Gasteiger partial charge < -0.3 is 14.4 Å². The third kappa shape index (κ3) is 4.05. The maximum Gasteiger partial charge on any atom is 0.271 e. The molecule has 1 aliphatic heterocycles. The van der Waals surface area contributed by atoms with E-state index in [2.05, 4.69) is 0 Å². The van der Waals surface area contributed by atoms with Crippen molar-refractivity contribution in [1.82, 2.24) is 4.90 Å². The third-order valence-electron chi connectivity index (χ3n) is 5.21. The summed E-state index contributed by atoms with van der Waals surface area (Å²) in [5.41, 5.74) is 1.04. The number of non-ortho nitro benzene ring substituents is 1. The fourth-order valence-corrected chi connectivity index (χ4v) is 3.44. The van der Waals surface area contributed by atoms with Gasteiger partial charge in [-0.2, -0.15) is 0 Å². The van der Waals surface area contributed by atoms with Gasteiger partial charge in [0.15, 0.2) is 6.61 Å². The minimum atomic E-state index is -0.542. The molecule has 0 atom stereocenters. The van der Waals surface area contributed by atoms with Crippen LogP contribution in [0, 0.1) is 10.1 Å². The Labute approximate surface area is 172 Å². The molecule has 0 saturated heterocycles. The first-order valence-corrected chi connectivity index (χ1v) is 9.60. The van der Waals surface area contributed by atoms with Crippen molar-refractivity contribution in [3.05, 3.63) is 58.1 Å². The average Bonchev–Trinajstić information content (AvgIpc) is 3.59. The summed E-state index contributed by atoms with van der Waals surface area (Å²) in [6.07, 6.45) is 1.84. The lowest BCUT2D eigenvalue weighted by molar-refractivity contribution is -0.384. The number of hydrogen-bond acceptors (Lipinski definition) is 6. The summed E-state index contributed by atoms with van der Waals surface area (Å²) < 4.78 is 10.5. The molecular weight excluding hydrogens is 390 g/mol. The van der Waals surface area contributed by atoms with E-state index in [1.54, 1.807) is 12.0 Å². The second-order valence-electron chi connectivity index (χ2n) is 7.28. The molecule has 1 aliphatic carbocycles. The normalized spacial score (nSPS) is 15.2. The Morgan fingerprint density at radius 1 is 1.27 bits per heavy atom. The van der Waals surface area contributed by atoms with E-state index in [1.165, 1.54) is 23.1 Å². The zero-order chi connectivity index (χ0) is 21.3. The van der Waals surface area contributed by atoms with Crippen LogP contribution in [0.3, 0.4) is 0 Å². The molecule has 156 valence electrons. The van der Waals surface area contributed by atoms with Gasteiger partial charge in [0.05, 0.1) is 17.7 Å². The first-order valence-electron chi connectivity index (χ1n) is 9.60. The van der Waals surface area contributed by atoms with Gasteiger partial charge >= 0.3 is 0 Å². The van der Waals surface area contributed by atoms with Crippen LogP contribution in [0.4, 0.5) is 11.4 Å². The zero-order valence-corrected chi connectivity index (χ0v) is 16.4. The van der Waals surface area contributed by atoms with E-state index < -0.39 is 10.8 Å². The molecule has 2 aromatic carbocycles. The van der Waals surface area contributed by atoms with Crippen LogP contribution in [-0.2, 0) is 16.1 Å². The number of nitro groups is 1. The van der Waals surface area contributed by atoms with Crippen LogP contribution in [0.1, 0.15) is 18.4 Å². The Bertz CT molecular complexity index is 987. The molecular formula is C21H21N3O6. The summed E-state index contributed by atoms with van der Waals surface area (Å²) in [5, 5.41) is 11.1. The Morgan fingerprint density at radius 2 is 2.00 bits per heavy atom. The molecule has 0 N–H and O–H groups in total. The summed E-state index contributed by atoms with van der Waals surface area (Å²) >= 11 is 0. The molecule has 30 heavy (non-hydrogen) atoms. The summed E-state index contributed by atoms with van der Waals surface area (Å²) in [6, 6.07) is 11.7. The molecule has 1 fully saturated rings. The van der Waals surface area contributed by atoms with Crippen molar-refractivity contribution < 1.29 is 24.0 Å². The van der Waals surface area contributed by atoms with Crippen molar-refractivity contribution in [1.29, 1.82) is 0 Å². The molecule has 9 heteroatoms. The van der Waals surface area contributed by atoms with Gasteiger partial charge in [0.2, 0.25) is 5.91 Å². The summed E-state index contributed by atoms with van der Waals surface area (Å²) in [7, 11) is 1.59. The lowest BCUT2D eigenvalue weighted by atomic mass is 10.2. The van der Waals surface area contributed by atoms with Crippen LogP contribution in [0.2, 0.25) is 0 Å². The van der Waals surface area contributed by atoms with Crippen LogP contribution in [0.5, 0.6) is 11.5 Å². The SMILES string of the molecule is COc1ccc(CN(C(=O)CN2C(=O)COc3ccc([N+](=O)[O-])cc32)C2CC2)cc1. The largest absolute Gasteiger partial charge is 0.497 e. The van der Waals surface area contributed by atoms with Crippen LogP contribution in [0.25, 0.3) is 0 Å². The number of hydrogen-bond donors (Lipinski definition) is 0. The van der Waals surface area contributed by atoms with E-state index in [-0.39, 0.29) is 36.5 Å². The number of amides is 2. The second kappa shape index (κ2) is 8.02. The molecule has 1 saturated carbocycles. The van der Waals surface area contributed by atoms with Crippen molar-refractivity contribution in [2.45, 2.75) is 25.4 Å².